The fourth-order valence-electron chi connectivity index (χ4n) is 3.72. The highest BCUT2D eigenvalue weighted by atomic mass is 16.6. The molecular formula is C22H22N4O3. The highest BCUT2D eigenvalue weighted by Crippen LogP contribution is 2.37. The van der Waals surface area contributed by atoms with Crippen molar-refractivity contribution in [3.63, 3.8) is 0 Å². The molecule has 0 saturated carbocycles. The summed E-state index contributed by atoms with van der Waals surface area (Å²) in [6.45, 7) is 1.44. The molecule has 0 aliphatic carbocycles. The Morgan fingerprint density at radius 3 is 2.31 bits per heavy atom. The second-order valence-electron chi connectivity index (χ2n) is 7.14. The molecule has 1 aliphatic rings. The number of nitrogens with zero attached hydrogens (tertiary/aromatic N) is 4. The Morgan fingerprint density at radius 1 is 1.00 bits per heavy atom. The zero-order valence-electron chi connectivity index (χ0n) is 16.0. The SMILES string of the molecule is O=[N+]([O-])c1c(Oc2ccccc2)ncnc1N1CCC(Cc2ccccc2)CC1. The third-order valence-corrected chi connectivity index (χ3v) is 5.19. The minimum atomic E-state index is -0.455. The van der Waals surface area contributed by atoms with Gasteiger partial charge >= 0.3 is 11.6 Å². The third kappa shape index (κ3) is 4.51. The van der Waals surface area contributed by atoms with E-state index in [-0.39, 0.29) is 11.6 Å². The summed E-state index contributed by atoms with van der Waals surface area (Å²) in [5.74, 6) is 1.36. The fraction of sp³-hybridized carbons (Fsp3) is 0.273. The van der Waals surface area contributed by atoms with Crippen LogP contribution in [0.2, 0.25) is 0 Å². The zero-order chi connectivity index (χ0) is 20.1. The van der Waals surface area contributed by atoms with Gasteiger partial charge in [0.2, 0.25) is 5.82 Å². The molecule has 7 heteroatoms. The maximum absolute atomic E-state index is 11.8. The molecule has 148 valence electrons. The van der Waals surface area contributed by atoms with Crippen LogP contribution >= 0.6 is 0 Å². The van der Waals surface area contributed by atoms with Crippen LogP contribution < -0.4 is 9.64 Å². The van der Waals surface area contributed by atoms with E-state index in [2.05, 4.69) is 34.2 Å². The summed E-state index contributed by atoms with van der Waals surface area (Å²) in [5.41, 5.74) is 1.15. The van der Waals surface area contributed by atoms with Gasteiger partial charge in [-0.05, 0) is 42.9 Å². The number of aromatic nitrogens is 2. The van der Waals surface area contributed by atoms with E-state index >= 15 is 0 Å². The normalized spacial score (nSPS) is 14.6. The number of benzene rings is 2. The van der Waals surface area contributed by atoms with Crippen molar-refractivity contribution in [2.45, 2.75) is 19.3 Å². The first-order chi connectivity index (χ1) is 14.2. The molecule has 7 nitrogen and oxygen atoms in total. The summed E-state index contributed by atoms with van der Waals surface area (Å²) in [5, 5.41) is 11.8. The Hall–Kier alpha value is -3.48. The van der Waals surface area contributed by atoms with E-state index in [4.69, 9.17) is 4.74 Å². The highest BCUT2D eigenvalue weighted by Gasteiger charge is 2.31. The average Bonchev–Trinajstić information content (AvgIpc) is 2.75. The molecule has 0 atom stereocenters. The van der Waals surface area contributed by atoms with Crippen LogP contribution in [0.1, 0.15) is 18.4 Å². The fourth-order valence-corrected chi connectivity index (χ4v) is 3.72. The van der Waals surface area contributed by atoms with Gasteiger partial charge in [-0.1, -0.05) is 48.5 Å². The first-order valence-corrected chi connectivity index (χ1v) is 9.72. The Morgan fingerprint density at radius 2 is 1.66 bits per heavy atom. The number of rotatable bonds is 6. The minimum absolute atomic E-state index is 0.0300. The Balaban J connectivity index is 1.50. The molecule has 2 heterocycles. The number of hydrogen-bond acceptors (Lipinski definition) is 6. The molecule has 0 N–H and O–H groups in total. The molecule has 1 aromatic heterocycles. The van der Waals surface area contributed by atoms with E-state index in [1.807, 2.05) is 17.0 Å². The molecule has 0 spiro atoms. The third-order valence-electron chi connectivity index (χ3n) is 5.19. The Labute approximate surface area is 169 Å². The Bertz CT molecular complexity index is 958. The van der Waals surface area contributed by atoms with Gasteiger partial charge < -0.3 is 9.64 Å². The number of piperidine rings is 1. The number of anilines is 1. The summed E-state index contributed by atoms with van der Waals surface area (Å²) in [6.07, 6.45) is 4.29. The second-order valence-corrected chi connectivity index (χ2v) is 7.14. The van der Waals surface area contributed by atoms with Gasteiger partial charge in [-0.2, -0.15) is 4.98 Å². The lowest BCUT2D eigenvalue weighted by Crippen LogP contribution is -2.35. The zero-order valence-corrected chi connectivity index (χ0v) is 16.0. The van der Waals surface area contributed by atoms with Gasteiger partial charge in [0.25, 0.3) is 0 Å². The molecule has 0 radical (unpaired) electrons. The summed E-state index contributed by atoms with van der Waals surface area (Å²) in [7, 11) is 0. The molecule has 2 aromatic carbocycles. The van der Waals surface area contributed by atoms with E-state index in [1.165, 1.54) is 11.9 Å². The van der Waals surface area contributed by atoms with Crippen LogP contribution in [0.5, 0.6) is 11.6 Å². The maximum Gasteiger partial charge on any atom is 0.373 e. The van der Waals surface area contributed by atoms with Gasteiger partial charge in [-0.3, -0.25) is 10.1 Å². The van der Waals surface area contributed by atoms with Crippen LogP contribution in [0.3, 0.4) is 0 Å². The molecule has 1 aliphatic heterocycles. The van der Waals surface area contributed by atoms with Crippen molar-refractivity contribution < 1.29 is 9.66 Å². The second kappa shape index (κ2) is 8.68. The summed E-state index contributed by atoms with van der Waals surface area (Å²) in [6, 6.07) is 19.4. The molecular weight excluding hydrogens is 368 g/mol. The first kappa shape index (κ1) is 18.9. The van der Waals surface area contributed by atoms with E-state index in [0.29, 0.717) is 17.5 Å². The predicted molar refractivity (Wildman–Crippen MR) is 110 cm³/mol. The van der Waals surface area contributed by atoms with Gasteiger partial charge in [-0.15, -0.1) is 0 Å². The van der Waals surface area contributed by atoms with Gasteiger partial charge in [0, 0.05) is 13.1 Å². The van der Waals surface area contributed by atoms with Crippen LogP contribution in [0.25, 0.3) is 0 Å². The molecule has 1 saturated heterocycles. The maximum atomic E-state index is 11.8. The number of hydrogen-bond donors (Lipinski definition) is 0. The quantitative estimate of drug-likeness (QED) is 0.451. The van der Waals surface area contributed by atoms with Crippen LogP contribution in [0.15, 0.2) is 67.0 Å². The molecule has 4 rings (SSSR count). The molecule has 0 bridgehead atoms. The summed E-state index contributed by atoms with van der Waals surface area (Å²) < 4.78 is 5.68. The van der Waals surface area contributed by atoms with Crippen molar-refractivity contribution in [2.24, 2.45) is 5.92 Å². The summed E-state index contributed by atoms with van der Waals surface area (Å²) in [4.78, 5) is 21.6. The predicted octanol–water partition coefficient (Wildman–Crippen LogP) is 4.64. The lowest BCUT2D eigenvalue weighted by atomic mass is 9.90. The number of para-hydroxylation sites is 1. The molecule has 0 unspecified atom stereocenters. The molecule has 1 fully saturated rings. The van der Waals surface area contributed by atoms with E-state index in [0.717, 1.165) is 32.4 Å². The van der Waals surface area contributed by atoms with Crippen LogP contribution in [0, 0.1) is 16.0 Å². The van der Waals surface area contributed by atoms with Crippen molar-refractivity contribution >= 4 is 11.5 Å². The lowest BCUT2D eigenvalue weighted by molar-refractivity contribution is -0.385. The largest absolute Gasteiger partial charge is 0.434 e. The molecule has 29 heavy (non-hydrogen) atoms. The van der Waals surface area contributed by atoms with Gasteiger partial charge in [0.1, 0.15) is 12.1 Å². The average molecular weight is 390 g/mol. The van der Waals surface area contributed by atoms with Gasteiger partial charge in [0.15, 0.2) is 0 Å². The standard InChI is InChI=1S/C22H22N4O3/c27-26(28)20-21(23-16-24-22(20)29-19-9-5-2-6-10-19)25-13-11-18(12-14-25)15-17-7-3-1-4-8-17/h1-10,16,18H,11-15H2. The van der Waals surface area contributed by atoms with E-state index in [1.54, 1.807) is 24.3 Å². The summed E-state index contributed by atoms with van der Waals surface area (Å²) >= 11 is 0. The molecule has 3 aromatic rings. The van der Waals surface area contributed by atoms with Gasteiger partial charge in [-0.25, -0.2) is 4.98 Å². The van der Waals surface area contributed by atoms with Crippen molar-refractivity contribution in [2.75, 3.05) is 18.0 Å². The van der Waals surface area contributed by atoms with Crippen molar-refractivity contribution in [1.29, 1.82) is 0 Å². The van der Waals surface area contributed by atoms with E-state index in [9.17, 15) is 10.1 Å². The number of nitro groups is 1. The van der Waals surface area contributed by atoms with Crippen molar-refractivity contribution in [3.8, 4) is 11.6 Å². The van der Waals surface area contributed by atoms with E-state index < -0.39 is 4.92 Å². The van der Waals surface area contributed by atoms with Crippen LogP contribution in [0.4, 0.5) is 11.5 Å². The first-order valence-electron chi connectivity index (χ1n) is 9.72. The minimum Gasteiger partial charge on any atom is -0.434 e. The topological polar surface area (TPSA) is 81.4 Å². The number of ether oxygens (including phenoxy) is 1. The smallest absolute Gasteiger partial charge is 0.373 e. The van der Waals surface area contributed by atoms with Crippen LogP contribution in [-0.2, 0) is 6.42 Å². The monoisotopic (exact) mass is 390 g/mol. The Kier molecular flexibility index (Phi) is 5.65. The van der Waals surface area contributed by atoms with Crippen LogP contribution in [-0.4, -0.2) is 28.0 Å². The van der Waals surface area contributed by atoms with Gasteiger partial charge in [0.05, 0.1) is 4.92 Å². The lowest BCUT2D eigenvalue weighted by Gasteiger charge is -2.32. The highest BCUT2D eigenvalue weighted by molar-refractivity contribution is 5.63. The molecule has 0 amide bonds. The van der Waals surface area contributed by atoms with Crippen molar-refractivity contribution in [3.05, 3.63) is 82.7 Å². The van der Waals surface area contributed by atoms with Crippen molar-refractivity contribution in [1.82, 2.24) is 9.97 Å².